The molecule has 0 radical (unpaired) electrons. The van der Waals surface area contributed by atoms with Crippen LogP contribution in [0.4, 0.5) is 0 Å². The Kier molecular flexibility index (Phi) is 3.62. The number of hydrogen-bond donors (Lipinski definition) is 0. The summed E-state index contributed by atoms with van der Waals surface area (Å²) in [7, 11) is 2.10. The number of rotatable bonds is 3. The molecule has 7 heteroatoms. The normalized spacial score (nSPS) is 17.4. The highest BCUT2D eigenvalue weighted by Crippen LogP contribution is 2.13. The van der Waals surface area contributed by atoms with Gasteiger partial charge in [0, 0.05) is 44.1 Å². The van der Waals surface area contributed by atoms with Crippen LogP contribution in [0.1, 0.15) is 0 Å². The monoisotopic (exact) mass is 275 g/mol. The highest BCUT2D eigenvalue weighted by Gasteiger charge is 2.17. The number of nitrogens with zero attached hydrogens (tertiary/aromatic N) is 5. The summed E-state index contributed by atoms with van der Waals surface area (Å²) >= 11 is 0. The van der Waals surface area contributed by atoms with Gasteiger partial charge in [0.15, 0.2) is 0 Å². The number of piperazine rings is 1. The second-order valence-corrected chi connectivity index (χ2v) is 4.97. The summed E-state index contributed by atoms with van der Waals surface area (Å²) in [5.41, 5.74) is 0.759. The zero-order valence-corrected chi connectivity index (χ0v) is 11.4. The average molecular weight is 275 g/mol. The highest BCUT2D eigenvalue weighted by molar-refractivity contribution is 5.50. The Morgan fingerprint density at radius 2 is 1.90 bits per heavy atom. The Labute approximate surface area is 116 Å². The van der Waals surface area contributed by atoms with Crippen LogP contribution < -0.4 is 5.76 Å². The van der Waals surface area contributed by atoms with Gasteiger partial charge in [0.1, 0.15) is 6.67 Å². The van der Waals surface area contributed by atoms with E-state index in [1.807, 2.05) is 0 Å². The summed E-state index contributed by atoms with van der Waals surface area (Å²) < 4.78 is 6.57. The molecule has 1 aliphatic heterocycles. The van der Waals surface area contributed by atoms with Crippen LogP contribution in [0.25, 0.3) is 11.5 Å². The molecule has 1 fully saturated rings. The van der Waals surface area contributed by atoms with Crippen molar-refractivity contribution in [2.75, 3.05) is 33.2 Å². The van der Waals surface area contributed by atoms with Gasteiger partial charge in [-0.2, -0.15) is 4.68 Å². The molecule has 2 aromatic heterocycles. The van der Waals surface area contributed by atoms with E-state index in [2.05, 4.69) is 26.9 Å². The summed E-state index contributed by atoms with van der Waals surface area (Å²) in [4.78, 5) is 20.2. The minimum Gasteiger partial charge on any atom is -0.388 e. The SMILES string of the molecule is CN1CCN(Cn2nc(-c3ccncc3)oc2=O)CC1. The minimum absolute atomic E-state index is 0.339. The summed E-state index contributed by atoms with van der Waals surface area (Å²) in [6.45, 7) is 4.34. The molecule has 0 saturated carbocycles. The number of likely N-dealkylation sites (N-methyl/N-ethyl adjacent to an activating group) is 1. The Morgan fingerprint density at radius 1 is 1.20 bits per heavy atom. The van der Waals surface area contributed by atoms with Crippen LogP contribution in [0.15, 0.2) is 33.7 Å². The second kappa shape index (κ2) is 5.56. The Hall–Kier alpha value is -1.99. The topological polar surface area (TPSA) is 67.4 Å². The van der Waals surface area contributed by atoms with Crippen molar-refractivity contribution in [2.24, 2.45) is 0 Å². The molecular weight excluding hydrogens is 258 g/mol. The van der Waals surface area contributed by atoms with E-state index in [-0.39, 0.29) is 0 Å². The van der Waals surface area contributed by atoms with E-state index in [0.29, 0.717) is 12.6 Å². The molecule has 1 aliphatic rings. The van der Waals surface area contributed by atoms with Crippen molar-refractivity contribution in [3.8, 4) is 11.5 Å². The summed E-state index contributed by atoms with van der Waals surface area (Å²) in [5.74, 6) is -0.0812. The van der Waals surface area contributed by atoms with Gasteiger partial charge in [-0.05, 0) is 19.2 Å². The van der Waals surface area contributed by atoms with Crippen molar-refractivity contribution in [3.05, 3.63) is 35.1 Å². The predicted octanol–water partition coefficient (Wildman–Crippen LogP) is 0.103. The zero-order valence-electron chi connectivity index (χ0n) is 11.4. The van der Waals surface area contributed by atoms with Crippen LogP contribution in [0.3, 0.4) is 0 Å². The standard InChI is InChI=1S/C13H17N5O2/c1-16-6-8-17(9-7-16)10-18-13(19)20-12(15-18)11-2-4-14-5-3-11/h2-5H,6-10H2,1H3. The molecule has 3 heterocycles. The molecule has 1 saturated heterocycles. The van der Waals surface area contributed by atoms with Crippen molar-refractivity contribution in [1.82, 2.24) is 24.6 Å². The van der Waals surface area contributed by atoms with Crippen LogP contribution in [0, 0.1) is 0 Å². The van der Waals surface area contributed by atoms with Gasteiger partial charge in [-0.3, -0.25) is 9.88 Å². The Morgan fingerprint density at radius 3 is 2.60 bits per heavy atom. The van der Waals surface area contributed by atoms with Gasteiger partial charge in [0.2, 0.25) is 5.89 Å². The highest BCUT2D eigenvalue weighted by atomic mass is 16.4. The first-order chi connectivity index (χ1) is 9.72. The maximum atomic E-state index is 11.8. The van der Waals surface area contributed by atoms with Crippen LogP contribution in [-0.4, -0.2) is 57.8 Å². The van der Waals surface area contributed by atoms with Crippen molar-refractivity contribution >= 4 is 0 Å². The molecule has 106 valence electrons. The van der Waals surface area contributed by atoms with E-state index >= 15 is 0 Å². The smallest absolute Gasteiger partial charge is 0.388 e. The summed E-state index contributed by atoms with van der Waals surface area (Å²) in [6.07, 6.45) is 3.30. The molecular formula is C13H17N5O2. The van der Waals surface area contributed by atoms with Crippen LogP contribution >= 0.6 is 0 Å². The van der Waals surface area contributed by atoms with Crippen molar-refractivity contribution in [3.63, 3.8) is 0 Å². The lowest BCUT2D eigenvalue weighted by atomic mass is 10.3. The first kappa shape index (κ1) is 13.0. The van der Waals surface area contributed by atoms with Crippen molar-refractivity contribution in [1.29, 1.82) is 0 Å². The lowest BCUT2D eigenvalue weighted by Gasteiger charge is -2.31. The van der Waals surface area contributed by atoms with Gasteiger partial charge in [-0.15, -0.1) is 5.10 Å². The van der Waals surface area contributed by atoms with Gasteiger partial charge in [0.25, 0.3) is 0 Å². The van der Waals surface area contributed by atoms with Crippen LogP contribution in [0.2, 0.25) is 0 Å². The summed E-state index contributed by atoms with van der Waals surface area (Å²) in [5, 5.41) is 4.25. The molecule has 0 aromatic carbocycles. The predicted molar refractivity (Wildman–Crippen MR) is 73.1 cm³/mol. The van der Waals surface area contributed by atoms with Crippen LogP contribution in [-0.2, 0) is 6.67 Å². The maximum absolute atomic E-state index is 11.8. The van der Waals surface area contributed by atoms with Gasteiger partial charge in [0.05, 0.1) is 0 Å². The van der Waals surface area contributed by atoms with Gasteiger partial charge >= 0.3 is 5.76 Å². The van der Waals surface area contributed by atoms with Crippen molar-refractivity contribution < 1.29 is 4.42 Å². The third kappa shape index (κ3) is 2.78. The quantitative estimate of drug-likeness (QED) is 0.791. The summed E-state index contributed by atoms with van der Waals surface area (Å²) in [6, 6.07) is 3.54. The van der Waals surface area contributed by atoms with E-state index in [1.165, 1.54) is 4.68 Å². The maximum Gasteiger partial charge on any atom is 0.438 e. The first-order valence-corrected chi connectivity index (χ1v) is 6.61. The van der Waals surface area contributed by atoms with Gasteiger partial charge in [-0.25, -0.2) is 4.79 Å². The largest absolute Gasteiger partial charge is 0.438 e. The van der Waals surface area contributed by atoms with E-state index in [9.17, 15) is 4.79 Å². The second-order valence-electron chi connectivity index (χ2n) is 4.97. The molecule has 0 unspecified atom stereocenters. The van der Waals surface area contributed by atoms with E-state index < -0.39 is 5.76 Å². The molecule has 0 N–H and O–H groups in total. The molecule has 3 rings (SSSR count). The molecule has 0 bridgehead atoms. The van der Waals surface area contributed by atoms with Gasteiger partial charge < -0.3 is 9.32 Å². The zero-order chi connectivity index (χ0) is 13.9. The fraction of sp³-hybridized carbons (Fsp3) is 0.462. The number of pyridine rings is 1. The minimum atomic E-state index is -0.421. The van der Waals surface area contributed by atoms with Crippen LogP contribution in [0.5, 0.6) is 0 Å². The molecule has 2 aromatic rings. The third-order valence-corrected chi connectivity index (χ3v) is 3.46. The van der Waals surface area contributed by atoms with Crippen molar-refractivity contribution in [2.45, 2.75) is 6.67 Å². The molecule has 0 spiro atoms. The van der Waals surface area contributed by atoms with Gasteiger partial charge in [-0.1, -0.05) is 0 Å². The lowest BCUT2D eigenvalue weighted by molar-refractivity contribution is 0.116. The average Bonchev–Trinajstić information content (AvgIpc) is 2.84. The molecule has 20 heavy (non-hydrogen) atoms. The third-order valence-electron chi connectivity index (χ3n) is 3.46. The molecule has 7 nitrogen and oxygen atoms in total. The first-order valence-electron chi connectivity index (χ1n) is 6.61. The molecule has 0 aliphatic carbocycles. The molecule has 0 amide bonds. The Balaban J connectivity index is 1.75. The van der Waals surface area contributed by atoms with E-state index in [4.69, 9.17) is 4.42 Å². The van der Waals surface area contributed by atoms with E-state index in [0.717, 1.165) is 31.7 Å². The number of aromatic nitrogens is 3. The van der Waals surface area contributed by atoms with E-state index in [1.54, 1.807) is 24.5 Å². The Bertz CT molecular complexity index is 613. The fourth-order valence-electron chi connectivity index (χ4n) is 2.19. The lowest BCUT2D eigenvalue weighted by Crippen LogP contribution is -2.46. The molecule has 0 atom stereocenters. The fourth-order valence-corrected chi connectivity index (χ4v) is 2.19. The number of hydrogen-bond acceptors (Lipinski definition) is 6.